The smallest absolute Gasteiger partial charge is 0.326 e. The average molecular weight is 565 g/mol. The lowest BCUT2D eigenvalue weighted by Gasteiger charge is -2.33. The number of anilines is 2. The van der Waals surface area contributed by atoms with Gasteiger partial charge < -0.3 is 24.8 Å². The lowest BCUT2D eigenvalue weighted by Crippen LogP contribution is -2.48. The number of likely N-dealkylation sites (N-methyl/N-ethyl adjacent to an activating group) is 1. The molecule has 1 aromatic heterocycles. The number of para-hydroxylation sites is 1. The molecule has 9 heteroatoms. The van der Waals surface area contributed by atoms with E-state index in [1.165, 1.54) is 10.3 Å². The fraction of sp³-hybridized carbons (Fsp3) is 0.303. The molecule has 0 saturated carbocycles. The van der Waals surface area contributed by atoms with Gasteiger partial charge in [0.1, 0.15) is 18.7 Å². The topological polar surface area (TPSA) is 82.9 Å². The van der Waals surface area contributed by atoms with Crippen LogP contribution in [0.25, 0.3) is 11.3 Å². The zero-order valence-electron chi connectivity index (χ0n) is 23.9. The van der Waals surface area contributed by atoms with Crippen LogP contribution < -0.4 is 19.9 Å². The van der Waals surface area contributed by atoms with Crippen LogP contribution in [-0.4, -0.2) is 72.7 Å². The molecule has 2 fully saturated rings. The minimum absolute atomic E-state index is 0.133. The first-order chi connectivity index (χ1) is 20.5. The van der Waals surface area contributed by atoms with E-state index in [0.717, 1.165) is 60.9 Å². The van der Waals surface area contributed by atoms with Crippen LogP contribution >= 0.6 is 0 Å². The van der Waals surface area contributed by atoms with Crippen LogP contribution in [0.4, 0.5) is 16.2 Å². The number of nitrogens with one attached hydrogen (secondary N) is 1. The van der Waals surface area contributed by atoms with Gasteiger partial charge in [0.05, 0.1) is 12.2 Å². The molecule has 216 valence electrons. The number of carbonyl (C=O) groups excluding carboxylic acids is 2. The number of amides is 2. The standard InChI is InChI=1S/C33H36N6O3/c1-36-16-17-38(22-32(36)40)29-9-5-6-25(18-29)23-42-30-12-10-27(11-13-30)31-21-39(24-35-31)33(41)34-19-26-14-15-37(20-26)28-7-3-2-4-8-28/h2-13,18,21,24,26H,14-17,19-20,22-23H2,1H3,(H,34,41). The monoisotopic (exact) mass is 564 g/mol. The summed E-state index contributed by atoms with van der Waals surface area (Å²) >= 11 is 0. The highest BCUT2D eigenvalue weighted by molar-refractivity contribution is 5.82. The molecular formula is C33H36N6O3. The molecule has 42 heavy (non-hydrogen) atoms. The molecule has 2 saturated heterocycles. The summed E-state index contributed by atoms with van der Waals surface area (Å²) < 4.78 is 7.54. The molecule has 2 aliphatic heterocycles. The van der Waals surface area contributed by atoms with E-state index in [-0.39, 0.29) is 11.9 Å². The van der Waals surface area contributed by atoms with Crippen molar-refractivity contribution in [2.24, 2.45) is 5.92 Å². The van der Waals surface area contributed by atoms with E-state index < -0.39 is 0 Å². The van der Waals surface area contributed by atoms with Gasteiger partial charge in [-0.25, -0.2) is 9.78 Å². The van der Waals surface area contributed by atoms with E-state index >= 15 is 0 Å². The SMILES string of the molecule is CN1CCN(c2cccc(COc3ccc(-c4cn(C(=O)NCC5CCN(c6ccccc6)C5)cn4)cc3)c2)CC1=O. The van der Waals surface area contributed by atoms with E-state index in [1.807, 2.05) is 55.6 Å². The Morgan fingerprint density at radius 1 is 0.952 bits per heavy atom. The second kappa shape index (κ2) is 12.4. The van der Waals surface area contributed by atoms with E-state index in [1.54, 1.807) is 17.4 Å². The van der Waals surface area contributed by atoms with Crippen molar-refractivity contribution in [2.75, 3.05) is 56.1 Å². The highest BCUT2D eigenvalue weighted by atomic mass is 16.5. The number of ether oxygens (including phenoxy) is 1. The van der Waals surface area contributed by atoms with Gasteiger partial charge in [-0.1, -0.05) is 30.3 Å². The van der Waals surface area contributed by atoms with Crippen LogP contribution in [0, 0.1) is 5.92 Å². The molecule has 9 nitrogen and oxygen atoms in total. The van der Waals surface area contributed by atoms with E-state index in [4.69, 9.17) is 4.74 Å². The van der Waals surface area contributed by atoms with Crippen molar-refractivity contribution in [2.45, 2.75) is 13.0 Å². The van der Waals surface area contributed by atoms with Gasteiger partial charge in [0, 0.05) is 62.9 Å². The molecule has 2 amide bonds. The Balaban J connectivity index is 0.989. The second-order valence-corrected chi connectivity index (χ2v) is 11.0. The molecule has 3 heterocycles. The van der Waals surface area contributed by atoms with Gasteiger partial charge in [-0.3, -0.25) is 9.36 Å². The summed E-state index contributed by atoms with van der Waals surface area (Å²) in [5, 5.41) is 3.06. The van der Waals surface area contributed by atoms with Crippen molar-refractivity contribution < 1.29 is 14.3 Å². The van der Waals surface area contributed by atoms with Crippen LogP contribution in [0.2, 0.25) is 0 Å². The number of piperazine rings is 1. The van der Waals surface area contributed by atoms with Crippen molar-refractivity contribution in [1.82, 2.24) is 19.8 Å². The third-order valence-corrected chi connectivity index (χ3v) is 8.05. The Morgan fingerprint density at radius 3 is 2.57 bits per heavy atom. The van der Waals surface area contributed by atoms with Gasteiger partial charge in [0.2, 0.25) is 5.91 Å². The minimum Gasteiger partial charge on any atom is -0.489 e. The van der Waals surface area contributed by atoms with Crippen molar-refractivity contribution in [3.8, 4) is 17.0 Å². The predicted molar refractivity (Wildman–Crippen MR) is 164 cm³/mol. The quantitative estimate of drug-likeness (QED) is 0.340. The zero-order chi connectivity index (χ0) is 28.9. The molecule has 0 spiro atoms. The van der Waals surface area contributed by atoms with Crippen molar-refractivity contribution in [3.63, 3.8) is 0 Å². The molecule has 1 atom stereocenters. The zero-order valence-corrected chi connectivity index (χ0v) is 23.9. The van der Waals surface area contributed by atoms with Crippen LogP contribution in [0.1, 0.15) is 12.0 Å². The summed E-state index contributed by atoms with van der Waals surface area (Å²) in [5.41, 5.74) is 4.94. The lowest BCUT2D eigenvalue weighted by atomic mass is 10.1. The van der Waals surface area contributed by atoms with Crippen molar-refractivity contribution in [1.29, 1.82) is 0 Å². The number of benzene rings is 3. The summed E-state index contributed by atoms with van der Waals surface area (Å²) in [4.78, 5) is 35.6. The molecule has 0 bridgehead atoms. The minimum atomic E-state index is -0.171. The van der Waals surface area contributed by atoms with Crippen molar-refractivity contribution >= 4 is 23.3 Å². The lowest BCUT2D eigenvalue weighted by molar-refractivity contribution is -0.129. The Hall–Kier alpha value is -4.79. The summed E-state index contributed by atoms with van der Waals surface area (Å²) in [6.07, 6.45) is 4.37. The predicted octanol–water partition coefficient (Wildman–Crippen LogP) is 4.49. The molecule has 1 N–H and O–H groups in total. The maximum atomic E-state index is 12.8. The highest BCUT2D eigenvalue weighted by Gasteiger charge is 2.23. The van der Waals surface area contributed by atoms with E-state index in [2.05, 4.69) is 50.4 Å². The normalized spacial score (nSPS) is 17.0. The fourth-order valence-corrected chi connectivity index (χ4v) is 5.49. The number of carbonyl (C=O) groups is 2. The first-order valence-corrected chi connectivity index (χ1v) is 14.4. The number of hydrogen-bond acceptors (Lipinski definition) is 6. The molecule has 1 unspecified atom stereocenters. The first-order valence-electron chi connectivity index (χ1n) is 14.4. The Bertz CT molecular complexity index is 1520. The Kier molecular flexibility index (Phi) is 8.07. The third-order valence-electron chi connectivity index (χ3n) is 8.05. The van der Waals surface area contributed by atoms with Gasteiger partial charge in [0.15, 0.2) is 0 Å². The molecule has 2 aliphatic rings. The Morgan fingerprint density at radius 2 is 1.76 bits per heavy atom. The van der Waals surface area contributed by atoms with Crippen LogP contribution in [-0.2, 0) is 11.4 Å². The number of rotatable bonds is 8. The van der Waals surface area contributed by atoms with Gasteiger partial charge >= 0.3 is 6.03 Å². The maximum absolute atomic E-state index is 12.8. The van der Waals surface area contributed by atoms with Gasteiger partial charge in [-0.15, -0.1) is 0 Å². The maximum Gasteiger partial charge on any atom is 0.326 e. The molecule has 0 aliphatic carbocycles. The molecule has 0 radical (unpaired) electrons. The summed E-state index contributed by atoms with van der Waals surface area (Å²) in [7, 11) is 1.84. The number of imidazole rings is 1. The molecule has 6 rings (SSSR count). The third kappa shape index (κ3) is 6.40. The average Bonchev–Trinajstić information content (AvgIpc) is 3.72. The highest BCUT2D eigenvalue weighted by Crippen LogP contribution is 2.25. The van der Waals surface area contributed by atoms with Crippen molar-refractivity contribution in [3.05, 3.63) is 97.0 Å². The second-order valence-electron chi connectivity index (χ2n) is 11.0. The summed E-state index contributed by atoms with van der Waals surface area (Å²) in [6.45, 7) is 4.95. The van der Waals surface area contributed by atoms with Crippen LogP contribution in [0.3, 0.4) is 0 Å². The summed E-state index contributed by atoms with van der Waals surface area (Å²) in [5.74, 6) is 1.30. The Labute approximate surface area is 246 Å². The molecular weight excluding hydrogens is 528 g/mol. The van der Waals surface area contributed by atoms with Gasteiger partial charge in [-0.2, -0.15) is 0 Å². The molecule has 3 aromatic carbocycles. The largest absolute Gasteiger partial charge is 0.489 e. The fourth-order valence-electron chi connectivity index (χ4n) is 5.49. The van der Waals surface area contributed by atoms with Gasteiger partial charge in [-0.05, 0) is 66.4 Å². The number of nitrogens with zero attached hydrogens (tertiary/aromatic N) is 5. The number of aromatic nitrogens is 2. The van der Waals surface area contributed by atoms with E-state index in [9.17, 15) is 9.59 Å². The summed E-state index contributed by atoms with van der Waals surface area (Å²) in [6, 6.07) is 26.1. The van der Waals surface area contributed by atoms with E-state index in [0.29, 0.717) is 25.6 Å². The van der Waals surface area contributed by atoms with Gasteiger partial charge in [0.25, 0.3) is 0 Å². The number of hydrogen-bond donors (Lipinski definition) is 1. The molecule has 4 aromatic rings. The van der Waals surface area contributed by atoms with Crippen LogP contribution in [0.15, 0.2) is 91.4 Å². The van der Waals surface area contributed by atoms with Crippen LogP contribution in [0.5, 0.6) is 5.75 Å². The first kappa shape index (κ1) is 27.4.